The Morgan fingerprint density at radius 1 is 1.12 bits per heavy atom. The Morgan fingerprint density at radius 3 is 2.65 bits per heavy atom. The highest BCUT2D eigenvalue weighted by Gasteiger charge is 2.41. The first-order valence-corrected chi connectivity index (χ1v) is 8.78. The quantitative estimate of drug-likeness (QED) is 0.888. The SMILES string of the molecule is O=C(c1ccnc(NCc2ccccn2)n1)N1CCC2(CC1)OCCO2. The maximum Gasteiger partial charge on any atom is 0.272 e. The molecule has 2 saturated heterocycles. The molecule has 26 heavy (non-hydrogen) atoms. The average molecular weight is 355 g/mol. The van der Waals surface area contributed by atoms with Gasteiger partial charge in [-0.05, 0) is 18.2 Å². The maximum absolute atomic E-state index is 12.7. The molecule has 0 radical (unpaired) electrons. The third-order valence-electron chi connectivity index (χ3n) is 4.65. The molecule has 4 heterocycles. The third-order valence-corrected chi connectivity index (χ3v) is 4.65. The summed E-state index contributed by atoms with van der Waals surface area (Å²) in [4.78, 5) is 27.3. The van der Waals surface area contributed by atoms with Gasteiger partial charge in [0.2, 0.25) is 5.95 Å². The molecule has 2 aliphatic heterocycles. The highest BCUT2D eigenvalue weighted by atomic mass is 16.7. The fourth-order valence-corrected chi connectivity index (χ4v) is 3.23. The lowest BCUT2D eigenvalue weighted by Crippen LogP contribution is -2.47. The molecular formula is C18H21N5O3. The summed E-state index contributed by atoms with van der Waals surface area (Å²) in [6, 6.07) is 7.34. The van der Waals surface area contributed by atoms with Crippen molar-refractivity contribution in [3.05, 3.63) is 48.0 Å². The van der Waals surface area contributed by atoms with Gasteiger partial charge in [0.25, 0.3) is 5.91 Å². The van der Waals surface area contributed by atoms with Crippen LogP contribution in [0.4, 0.5) is 5.95 Å². The zero-order chi connectivity index (χ0) is 17.8. The number of pyridine rings is 1. The summed E-state index contributed by atoms with van der Waals surface area (Å²) in [7, 11) is 0. The Kier molecular flexibility index (Phi) is 4.77. The van der Waals surface area contributed by atoms with Gasteiger partial charge in [-0.3, -0.25) is 9.78 Å². The predicted octanol–water partition coefficient (Wildman–Crippen LogP) is 1.46. The molecule has 1 spiro atoms. The van der Waals surface area contributed by atoms with Crippen molar-refractivity contribution in [1.82, 2.24) is 19.9 Å². The van der Waals surface area contributed by atoms with E-state index in [-0.39, 0.29) is 5.91 Å². The number of amides is 1. The minimum atomic E-state index is -0.488. The molecule has 2 aromatic rings. The number of carbonyl (C=O) groups excluding carboxylic acids is 1. The van der Waals surface area contributed by atoms with Crippen LogP contribution in [0.5, 0.6) is 0 Å². The van der Waals surface area contributed by atoms with E-state index >= 15 is 0 Å². The molecule has 2 aromatic heterocycles. The first kappa shape index (κ1) is 16.9. The van der Waals surface area contributed by atoms with Crippen LogP contribution >= 0.6 is 0 Å². The van der Waals surface area contributed by atoms with Crippen molar-refractivity contribution in [2.45, 2.75) is 25.2 Å². The Bertz CT molecular complexity index is 754. The Balaban J connectivity index is 1.37. The van der Waals surface area contributed by atoms with Crippen LogP contribution in [0.2, 0.25) is 0 Å². The van der Waals surface area contributed by atoms with Gasteiger partial charge in [-0.1, -0.05) is 6.07 Å². The highest BCUT2D eigenvalue weighted by molar-refractivity contribution is 5.92. The van der Waals surface area contributed by atoms with Crippen molar-refractivity contribution in [2.75, 3.05) is 31.6 Å². The predicted molar refractivity (Wildman–Crippen MR) is 93.4 cm³/mol. The number of likely N-dealkylation sites (tertiary alicyclic amines) is 1. The average Bonchev–Trinajstić information content (AvgIpc) is 3.15. The lowest BCUT2D eigenvalue weighted by atomic mass is 10.0. The van der Waals surface area contributed by atoms with Crippen LogP contribution in [0.25, 0.3) is 0 Å². The molecule has 8 heteroatoms. The molecule has 0 unspecified atom stereocenters. The van der Waals surface area contributed by atoms with Crippen LogP contribution in [0.1, 0.15) is 29.0 Å². The second-order valence-corrected chi connectivity index (χ2v) is 6.34. The summed E-state index contributed by atoms with van der Waals surface area (Å²) in [5.74, 6) is -0.170. The number of nitrogens with zero attached hydrogens (tertiary/aromatic N) is 4. The van der Waals surface area contributed by atoms with Crippen molar-refractivity contribution in [1.29, 1.82) is 0 Å². The summed E-state index contributed by atoms with van der Waals surface area (Å²) < 4.78 is 11.4. The summed E-state index contributed by atoms with van der Waals surface area (Å²) in [5, 5.41) is 3.10. The van der Waals surface area contributed by atoms with E-state index in [4.69, 9.17) is 9.47 Å². The normalized spacial score (nSPS) is 18.8. The van der Waals surface area contributed by atoms with Crippen molar-refractivity contribution in [2.24, 2.45) is 0 Å². The second kappa shape index (κ2) is 7.35. The zero-order valence-electron chi connectivity index (χ0n) is 14.4. The van der Waals surface area contributed by atoms with Crippen LogP contribution in [0, 0.1) is 0 Å². The molecule has 1 N–H and O–H groups in total. The van der Waals surface area contributed by atoms with Gasteiger partial charge in [0.05, 0.1) is 25.5 Å². The van der Waals surface area contributed by atoms with Gasteiger partial charge in [-0.15, -0.1) is 0 Å². The number of nitrogens with one attached hydrogen (secondary N) is 1. The van der Waals surface area contributed by atoms with E-state index in [0.717, 1.165) is 5.69 Å². The number of rotatable bonds is 4. The number of carbonyl (C=O) groups is 1. The lowest BCUT2D eigenvalue weighted by molar-refractivity contribution is -0.181. The molecule has 0 atom stereocenters. The fraction of sp³-hybridized carbons (Fsp3) is 0.444. The highest BCUT2D eigenvalue weighted by Crippen LogP contribution is 2.31. The van der Waals surface area contributed by atoms with Crippen LogP contribution in [-0.4, -0.2) is 57.8 Å². The van der Waals surface area contributed by atoms with E-state index < -0.39 is 5.79 Å². The van der Waals surface area contributed by atoms with Crippen molar-refractivity contribution < 1.29 is 14.3 Å². The van der Waals surface area contributed by atoms with Gasteiger partial charge in [-0.2, -0.15) is 0 Å². The van der Waals surface area contributed by atoms with Crippen LogP contribution < -0.4 is 5.32 Å². The monoisotopic (exact) mass is 355 g/mol. The first-order valence-electron chi connectivity index (χ1n) is 8.78. The van der Waals surface area contributed by atoms with E-state index in [0.29, 0.717) is 57.3 Å². The van der Waals surface area contributed by atoms with Crippen molar-refractivity contribution >= 4 is 11.9 Å². The number of piperidine rings is 1. The topological polar surface area (TPSA) is 89.5 Å². The van der Waals surface area contributed by atoms with Gasteiger partial charge in [0.15, 0.2) is 5.79 Å². The minimum absolute atomic E-state index is 0.0962. The van der Waals surface area contributed by atoms with Gasteiger partial charge >= 0.3 is 0 Å². The zero-order valence-corrected chi connectivity index (χ0v) is 14.4. The third kappa shape index (κ3) is 3.66. The molecule has 1 amide bonds. The van der Waals surface area contributed by atoms with E-state index in [9.17, 15) is 4.79 Å². The Hall–Kier alpha value is -2.58. The van der Waals surface area contributed by atoms with Gasteiger partial charge in [0, 0.05) is 38.3 Å². The molecule has 4 rings (SSSR count). The molecular weight excluding hydrogens is 334 g/mol. The molecule has 2 fully saturated rings. The maximum atomic E-state index is 12.7. The van der Waals surface area contributed by atoms with E-state index in [2.05, 4.69) is 20.3 Å². The second-order valence-electron chi connectivity index (χ2n) is 6.34. The molecule has 0 bridgehead atoms. The number of hydrogen-bond acceptors (Lipinski definition) is 7. The molecule has 0 saturated carbocycles. The van der Waals surface area contributed by atoms with Gasteiger partial charge in [-0.25, -0.2) is 9.97 Å². The van der Waals surface area contributed by atoms with Crippen LogP contribution in [-0.2, 0) is 16.0 Å². The first-order chi connectivity index (χ1) is 12.7. The summed E-state index contributed by atoms with van der Waals surface area (Å²) >= 11 is 0. The number of anilines is 1. The number of aromatic nitrogens is 3. The molecule has 2 aliphatic rings. The summed E-state index contributed by atoms with van der Waals surface area (Å²) in [6.07, 6.45) is 4.71. The van der Waals surface area contributed by atoms with E-state index in [1.807, 2.05) is 18.2 Å². The van der Waals surface area contributed by atoms with Gasteiger partial charge in [0.1, 0.15) is 5.69 Å². The lowest BCUT2D eigenvalue weighted by Gasteiger charge is -2.37. The number of hydrogen-bond donors (Lipinski definition) is 1. The number of ether oxygens (including phenoxy) is 2. The molecule has 136 valence electrons. The molecule has 8 nitrogen and oxygen atoms in total. The molecule has 0 aliphatic carbocycles. The van der Waals surface area contributed by atoms with Crippen LogP contribution in [0.3, 0.4) is 0 Å². The Labute approximate surface area is 151 Å². The largest absolute Gasteiger partial charge is 0.349 e. The van der Waals surface area contributed by atoms with Crippen molar-refractivity contribution in [3.8, 4) is 0 Å². The summed E-state index contributed by atoms with van der Waals surface area (Å²) in [5.41, 5.74) is 1.26. The van der Waals surface area contributed by atoms with E-state index in [1.165, 1.54) is 0 Å². The van der Waals surface area contributed by atoms with E-state index in [1.54, 1.807) is 23.4 Å². The van der Waals surface area contributed by atoms with Crippen LogP contribution in [0.15, 0.2) is 36.7 Å². The summed E-state index contributed by atoms with van der Waals surface area (Å²) in [6.45, 7) is 2.95. The standard InChI is InChI=1S/C18H21N5O3/c24-16(23-9-5-18(6-10-23)25-11-12-26-18)15-4-8-20-17(22-15)21-13-14-3-1-2-7-19-14/h1-4,7-8H,5-6,9-13H2,(H,20,21,22). The minimum Gasteiger partial charge on any atom is -0.349 e. The Morgan fingerprint density at radius 2 is 1.92 bits per heavy atom. The van der Waals surface area contributed by atoms with Crippen molar-refractivity contribution in [3.63, 3.8) is 0 Å². The smallest absolute Gasteiger partial charge is 0.272 e. The van der Waals surface area contributed by atoms with Gasteiger partial charge < -0.3 is 19.7 Å². The fourth-order valence-electron chi connectivity index (χ4n) is 3.23. The molecule has 0 aromatic carbocycles.